The highest BCUT2D eigenvalue weighted by molar-refractivity contribution is 6.18. The number of benzene rings is 1. The lowest BCUT2D eigenvalue weighted by Gasteiger charge is -2.27. The molecule has 1 aromatic carbocycles. The first-order chi connectivity index (χ1) is 7.30. The van der Waals surface area contributed by atoms with E-state index in [4.69, 9.17) is 16.3 Å². The first-order valence-corrected chi connectivity index (χ1v) is 6.05. The topological polar surface area (TPSA) is 9.23 Å². The predicted octanol–water partition coefficient (Wildman–Crippen LogP) is 3.75. The van der Waals surface area contributed by atoms with Crippen molar-refractivity contribution in [1.29, 1.82) is 0 Å². The van der Waals surface area contributed by atoms with E-state index < -0.39 is 0 Å². The van der Waals surface area contributed by atoms with E-state index in [9.17, 15) is 0 Å². The molecule has 82 valence electrons. The largest absolute Gasteiger partial charge is 0.497 e. The van der Waals surface area contributed by atoms with Crippen LogP contribution < -0.4 is 4.74 Å². The predicted molar refractivity (Wildman–Crippen MR) is 63.9 cm³/mol. The van der Waals surface area contributed by atoms with Gasteiger partial charge in [-0.2, -0.15) is 0 Å². The van der Waals surface area contributed by atoms with Crippen LogP contribution in [0, 0.1) is 0 Å². The number of alkyl halides is 1. The van der Waals surface area contributed by atoms with Crippen molar-refractivity contribution in [3.05, 3.63) is 29.8 Å². The quantitative estimate of drug-likeness (QED) is 0.711. The molecule has 0 unspecified atom stereocenters. The number of ether oxygens (including phenoxy) is 1. The molecule has 1 aliphatic carbocycles. The molecule has 0 spiro atoms. The van der Waals surface area contributed by atoms with Crippen molar-refractivity contribution in [2.75, 3.05) is 13.0 Å². The fourth-order valence-corrected chi connectivity index (χ4v) is 2.92. The highest BCUT2D eigenvalue weighted by Gasteiger charge is 2.34. The summed E-state index contributed by atoms with van der Waals surface area (Å²) >= 11 is 6.14. The van der Waals surface area contributed by atoms with Gasteiger partial charge in [-0.05, 0) is 30.5 Å². The molecule has 0 N–H and O–H groups in total. The van der Waals surface area contributed by atoms with E-state index in [0.717, 1.165) is 11.6 Å². The van der Waals surface area contributed by atoms with Crippen molar-refractivity contribution in [2.45, 2.75) is 31.1 Å². The van der Waals surface area contributed by atoms with Crippen molar-refractivity contribution in [3.63, 3.8) is 0 Å². The second-order valence-electron chi connectivity index (χ2n) is 4.35. The molecule has 15 heavy (non-hydrogen) atoms. The van der Waals surface area contributed by atoms with E-state index in [2.05, 4.69) is 12.1 Å². The van der Waals surface area contributed by atoms with Gasteiger partial charge in [-0.25, -0.2) is 0 Å². The highest BCUT2D eigenvalue weighted by Crippen LogP contribution is 2.42. The second kappa shape index (κ2) is 4.44. The monoisotopic (exact) mass is 224 g/mol. The Kier molecular flexibility index (Phi) is 3.20. The van der Waals surface area contributed by atoms with Crippen molar-refractivity contribution in [3.8, 4) is 5.75 Å². The van der Waals surface area contributed by atoms with E-state index in [1.807, 2.05) is 12.1 Å². The lowest BCUT2D eigenvalue weighted by atomic mass is 9.81. The van der Waals surface area contributed by atoms with Gasteiger partial charge in [-0.1, -0.05) is 25.0 Å². The zero-order valence-electron chi connectivity index (χ0n) is 9.13. The molecule has 1 fully saturated rings. The van der Waals surface area contributed by atoms with Gasteiger partial charge < -0.3 is 4.74 Å². The van der Waals surface area contributed by atoms with Crippen LogP contribution in [-0.4, -0.2) is 13.0 Å². The maximum absolute atomic E-state index is 6.14. The van der Waals surface area contributed by atoms with E-state index in [-0.39, 0.29) is 5.41 Å². The Morgan fingerprint density at radius 2 is 1.80 bits per heavy atom. The summed E-state index contributed by atoms with van der Waals surface area (Å²) in [7, 11) is 1.70. The summed E-state index contributed by atoms with van der Waals surface area (Å²) in [6.45, 7) is 0. The number of rotatable bonds is 3. The molecule has 1 saturated carbocycles. The number of methoxy groups -OCH3 is 1. The Labute approximate surface area is 96.4 Å². The number of halogens is 1. The molecule has 0 heterocycles. The second-order valence-corrected chi connectivity index (χ2v) is 4.62. The summed E-state index contributed by atoms with van der Waals surface area (Å²) in [5.74, 6) is 1.65. The zero-order chi connectivity index (χ0) is 10.7. The highest BCUT2D eigenvalue weighted by atomic mass is 35.5. The molecule has 0 aromatic heterocycles. The molecule has 0 aliphatic heterocycles. The number of hydrogen-bond donors (Lipinski definition) is 0. The Hall–Kier alpha value is -0.690. The van der Waals surface area contributed by atoms with Gasteiger partial charge >= 0.3 is 0 Å². The van der Waals surface area contributed by atoms with Gasteiger partial charge in [0.2, 0.25) is 0 Å². The van der Waals surface area contributed by atoms with Gasteiger partial charge in [0, 0.05) is 11.3 Å². The molecule has 0 amide bonds. The Balaban J connectivity index is 2.26. The molecule has 1 aromatic rings. The fraction of sp³-hybridized carbons (Fsp3) is 0.538. The van der Waals surface area contributed by atoms with Gasteiger partial charge in [0.1, 0.15) is 5.75 Å². The van der Waals surface area contributed by atoms with Crippen molar-refractivity contribution in [2.24, 2.45) is 0 Å². The summed E-state index contributed by atoms with van der Waals surface area (Å²) in [4.78, 5) is 0. The van der Waals surface area contributed by atoms with Gasteiger partial charge in [-0.3, -0.25) is 0 Å². The fourth-order valence-electron chi connectivity index (χ4n) is 2.50. The van der Waals surface area contributed by atoms with E-state index >= 15 is 0 Å². The van der Waals surface area contributed by atoms with Crippen LogP contribution in [-0.2, 0) is 5.41 Å². The molecule has 0 radical (unpaired) electrons. The maximum Gasteiger partial charge on any atom is 0.118 e. The Bertz CT molecular complexity index is 312. The van der Waals surface area contributed by atoms with Crippen LogP contribution in [0.3, 0.4) is 0 Å². The van der Waals surface area contributed by atoms with Crippen LogP contribution in [0.15, 0.2) is 24.3 Å². The smallest absolute Gasteiger partial charge is 0.118 e. The Morgan fingerprint density at radius 1 is 1.20 bits per heavy atom. The molecule has 2 rings (SSSR count). The molecule has 0 bridgehead atoms. The summed E-state index contributed by atoms with van der Waals surface area (Å²) < 4.78 is 5.17. The minimum atomic E-state index is 0.230. The number of hydrogen-bond acceptors (Lipinski definition) is 1. The van der Waals surface area contributed by atoms with E-state index in [0.29, 0.717) is 0 Å². The van der Waals surface area contributed by atoms with E-state index in [1.54, 1.807) is 7.11 Å². The molecular formula is C13H17ClO. The lowest BCUT2D eigenvalue weighted by Crippen LogP contribution is -2.23. The van der Waals surface area contributed by atoms with Crippen molar-refractivity contribution >= 4 is 11.6 Å². The normalized spacial score (nSPS) is 19.1. The Morgan fingerprint density at radius 3 is 2.27 bits per heavy atom. The average molecular weight is 225 g/mol. The lowest BCUT2D eigenvalue weighted by molar-refractivity contribution is 0.413. The van der Waals surface area contributed by atoms with Crippen LogP contribution in [0.2, 0.25) is 0 Å². The summed E-state index contributed by atoms with van der Waals surface area (Å²) in [6.07, 6.45) is 5.06. The van der Waals surface area contributed by atoms with E-state index in [1.165, 1.54) is 31.2 Å². The zero-order valence-corrected chi connectivity index (χ0v) is 9.89. The average Bonchev–Trinajstić information content (AvgIpc) is 2.79. The van der Waals surface area contributed by atoms with Gasteiger partial charge in [-0.15, -0.1) is 11.6 Å². The third-order valence-corrected chi connectivity index (χ3v) is 4.03. The molecular weight excluding hydrogens is 208 g/mol. The third kappa shape index (κ3) is 1.98. The van der Waals surface area contributed by atoms with Gasteiger partial charge in [0.25, 0.3) is 0 Å². The molecule has 0 saturated heterocycles. The first-order valence-electron chi connectivity index (χ1n) is 5.51. The summed E-state index contributed by atoms with van der Waals surface area (Å²) in [5, 5.41) is 0. The SMILES string of the molecule is COc1ccc(C2(CCl)CCCC2)cc1. The van der Waals surface area contributed by atoms with Crippen molar-refractivity contribution in [1.82, 2.24) is 0 Å². The summed E-state index contributed by atoms with van der Waals surface area (Å²) in [6, 6.07) is 8.38. The van der Waals surface area contributed by atoms with Crippen LogP contribution in [0.5, 0.6) is 5.75 Å². The molecule has 1 aliphatic rings. The molecule has 2 heteroatoms. The van der Waals surface area contributed by atoms with Crippen LogP contribution >= 0.6 is 11.6 Å². The standard InChI is InChI=1S/C13H17ClO/c1-15-12-6-4-11(5-7-12)13(10-14)8-2-3-9-13/h4-7H,2-3,8-10H2,1H3. The molecule has 0 atom stereocenters. The molecule has 1 nitrogen and oxygen atoms in total. The minimum absolute atomic E-state index is 0.230. The van der Waals surface area contributed by atoms with Gasteiger partial charge in [0.05, 0.1) is 7.11 Å². The van der Waals surface area contributed by atoms with Crippen LogP contribution in [0.4, 0.5) is 0 Å². The maximum atomic E-state index is 6.14. The third-order valence-electron chi connectivity index (χ3n) is 3.52. The summed E-state index contributed by atoms with van der Waals surface area (Å²) in [5.41, 5.74) is 1.60. The van der Waals surface area contributed by atoms with Gasteiger partial charge in [0.15, 0.2) is 0 Å². The minimum Gasteiger partial charge on any atom is -0.497 e. The first kappa shape index (κ1) is 10.8. The van der Waals surface area contributed by atoms with Crippen molar-refractivity contribution < 1.29 is 4.74 Å². The van der Waals surface area contributed by atoms with Crippen LogP contribution in [0.1, 0.15) is 31.2 Å². The van der Waals surface area contributed by atoms with Crippen LogP contribution in [0.25, 0.3) is 0 Å².